The summed E-state index contributed by atoms with van der Waals surface area (Å²) in [4.78, 5) is 26.8. The number of carbonyl (C=O) groups excluding carboxylic acids is 2. The molecule has 1 saturated carbocycles. The van der Waals surface area contributed by atoms with Crippen molar-refractivity contribution in [2.24, 2.45) is 5.92 Å². The molecule has 2 aliphatic heterocycles. The lowest BCUT2D eigenvalue weighted by atomic mass is 9.89. The standard InChI is InChI=1S/C20H26N2O5/c1-25-16-5-3-15(4-6-16)22-12-13(10-19(22)23)20(24)21-14-2-7-17-18(11-14)27-9-8-26-17/h3-6,13-14,17-18H,2,7-12H2,1H3,(H,21,24). The molecule has 0 spiro atoms. The van der Waals surface area contributed by atoms with E-state index >= 15 is 0 Å². The summed E-state index contributed by atoms with van der Waals surface area (Å²) in [7, 11) is 1.61. The minimum Gasteiger partial charge on any atom is -0.497 e. The predicted molar refractivity (Wildman–Crippen MR) is 98.7 cm³/mol. The molecule has 0 radical (unpaired) electrons. The number of methoxy groups -OCH3 is 1. The third-order valence-corrected chi connectivity index (χ3v) is 5.70. The highest BCUT2D eigenvalue weighted by molar-refractivity contribution is 6.00. The van der Waals surface area contributed by atoms with Crippen LogP contribution in [0.4, 0.5) is 5.69 Å². The second-order valence-corrected chi connectivity index (χ2v) is 7.44. The largest absolute Gasteiger partial charge is 0.497 e. The monoisotopic (exact) mass is 374 g/mol. The first-order valence-electron chi connectivity index (χ1n) is 9.62. The molecule has 1 aliphatic carbocycles. The summed E-state index contributed by atoms with van der Waals surface area (Å²) in [5.74, 6) is 0.359. The summed E-state index contributed by atoms with van der Waals surface area (Å²) in [5.41, 5.74) is 0.796. The first-order chi connectivity index (χ1) is 13.1. The van der Waals surface area contributed by atoms with Gasteiger partial charge < -0.3 is 24.4 Å². The van der Waals surface area contributed by atoms with Gasteiger partial charge in [0.25, 0.3) is 0 Å². The molecule has 3 fully saturated rings. The molecule has 27 heavy (non-hydrogen) atoms. The molecule has 2 amide bonds. The summed E-state index contributed by atoms with van der Waals surface area (Å²) in [5, 5.41) is 3.13. The molecule has 3 aliphatic rings. The normalized spacial score (nSPS) is 30.7. The Balaban J connectivity index is 1.33. The molecule has 2 heterocycles. The van der Waals surface area contributed by atoms with Crippen LogP contribution >= 0.6 is 0 Å². The molecular formula is C20H26N2O5. The molecule has 1 N–H and O–H groups in total. The van der Waals surface area contributed by atoms with E-state index in [0.29, 0.717) is 19.8 Å². The average Bonchev–Trinajstić information content (AvgIpc) is 3.10. The Bertz CT molecular complexity index is 692. The quantitative estimate of drug-likeness (QED) is 0.864. The van der Waals surface area contributed by atoms with Gasteiger partial charge in [-0.15, -0.1) is 0 Å². The SMILES string of the molecule is COc1ccc(N2CC(C(=O)NC3CCC4OCCOC4C3)CC2=O)cc1. The zero-order valence-corrected chi connectivity index (χ0v) is 15.6. The van der Waals surface area contributed by atoms with Gasteiger partial charge in [0.15, 0.2) is 0 Å². The lowest BCUT2D eigenvalue weighted by Gasteiger charge is -2.39. The van der Waals surface area contributed by atoms with E-state index in [1.807, 2.05) is 24.3 Å². The van der Waals surface area contributed by atoms with E-state index in [1.54, 1.807) is 12.0 Å². The maximum Gasteiger partial charge on any atom is 0.227 e. The molecule has 4 atom stereocenters. The maximum atomic E-state index is 12.7. The van der Waals surface area contributed by atoms with E-state index in [1.165, 1.54) is 0 Å². The fraction of sp³-hybridized carbons (Fsp3) is 0.600. The maximum absolute atomic E-state index is 12.7. The lowest BCUT2D eigenvalue weighted by molar-refractivity contribution is -0.159. The average molecular weight is 374 g/mol. The fourth-order valence-electron chi connectivity index (χ4n) is 4.21. The van der Waals surface area contributed by atoms with E-state index in [4.69, 9.17) is 14.2 Å². The molecular weight excluding hydrogens is 348 g/mol. The number of fused-ring (bicyclic) bond motifs is 1. The van der Waals surface area contributed by atoms with Crippen LogP contribution in [0.1, 0.15) is 25.7 Å². The second kappa shape index (κ2) is 7.86. The lowest BCUT2D eigenvalue weighted by Crippen LogP contribution is -2.50. The van der Waals surface area contributed by atoms with Gasteiger partial charge in [0.05, 0.1) is 38.4 Å². The fourth-order valence-corrected chi connectivity index (χ4v) is 4.21. The minimum absolute atomic E-state index is 0.0203. The number of ether oxygens (including phenoxy) is 3. The topological polar surface area (TPSA) is 77.1 Å². The molecule has 4 rings (SSSR count). The van der Waals surface area contributed by atoms with E-state index in [-0.39, 0.29) is 42.4 Å². The van der Waals surface area contributed by atoms with Crippen LogP contribution in [0.2, 0.25) is 0 Å². The van der Waals surface area contributed by atoms with Gasteiger partial charge in [-0.1, -0.05) is 0 Å². The molecule has 0 aromatic heterocycles. The van der Waals surface area contributed by atoms with Crippen LogP contribution in [0.3, 0.4) is 0 Å². The molecule has 2 saturated heterocycles. The van der Waals surface area contributed by atoms with Crippen molar-refractivity contribution < 1.29 is 23.8 Å². The molecule has 7 heteroatoms. The van der Waals surface area contributed by atoms with Gasteiger partial charge in [0.1, 0.15) is 5.75 Å². The molecule has 0 bridgehead atoms. The van der Waals surface area contributed by atoms with E-state index in [2.05, 4.69) is 5.32 Å². The van der Waals surface area contributed by atoms with E-state index in [9.17, 15) is 9.59 Å². The van der Waals surface area contributed by atoms with Crippen LogP contribution in [-0.2, 0) is 19.1 Å². The van der Waals surface area contributed by atoms with Gasteiger partial charge in [-0.25, -0.2) is 0 Å². The summed E-state index contributed by atoms with van der Waals surface area (Å²) in [6, 6.07) is 7.42. The number of nitrogens with zero attached hydrogens (tertiary/aromatic N) is 1. The summed E-state index contributed by atoms with van der Waals surface area (Å²) in [6.45, 7) is 1.69. The van der Waals surface area contributed by atoms with Crippen LogP contribution in [0.25, 0.3) is 0 Å². The van der Waals surface area contributed by atoms with Crippen molar-refractivity contribution >= 4 is 17.5 Å². The molecule has 7 nitrogen and oxygen atoms in total. The molecule has 146 valence electrons. The number of carbonyl (C=O) groups is 2. The zero-order valence-electron chi connectivity index (χ0n) is 15.6. The number of benzene rings is 1. The third kappa shape index (κ3) is 3.94. The van der Waals surface area contributed by atoms with Gasteiger partial charge in [-0.2, -0.15) is 0 Å². The Morgan fingerprint density at radius 2 is 1.89 bits per heavy atom. The van der Waals surface area contributed by atoms with Gasteiger partial charge in [-0.3, -0.25) is 9.59 Å². The molecule has 1 aromatic rings. The Morgan fingerprint density at radius 1 is 1.15 bits per heavy atom. The Kier molecular flexibility index (Phi) is 5.31. The Labute approximate surface area is 158 Å². The highest BCUT2D eigenvalue weighted by Gasteiger charge is 2.38. The number of hydrogen-bond acceptors (Lipinski definition) is 5. The Hall–Kier alpha value is -2.12. The zero-order chi connectivity index (χ0) is 18.8. The highest BCUT2D eigenvalue weighted by Crippen LogP contribution is 2.29. The number of hydrogen-bond donors (Lipinski definition) is 1. The smallest absolute Gasteiger partial charge is 0.227 e. The van der Waals surface area contributed by atoms with Crippen molar-refractivity contribution in [2.75, 3.05) is 31.8 Å². The second-order valence-electron chi connectivity index (χ2n) is 7.44. The van der Waals surface area contributed by atoms with Gasteiger partial charge in [-0.05, 0) is 43.5 Å². The Morgan fingerprint density at radius 3 is 2.63 bits per heavy atom. The number of rotatable bonds is 4. The van der Waals surface area contributed by atoms with Crippen molar-refractivity contribution in [2.45, 2.75) is 43.9 Å². The first-order valence-corrected chi connectivity index (χ1v) is 9.62. The van der Waals surface area contributed by atoms with E-state index in [0.717, 1.165) is 30.7 Å². The van der Waals surface area contributed by atoms with Crippen molar-refractivity contribution in [3.05, 3.63) is 24.3 Å². The van der Waals surface area contributed by atoms with Crippen LogP contribution in [-0.4, -0.2) is 56.9 Å². The van der Waals surface area contributed by atoms with Crippen molar-refractivity contribution in [3.63, 3.8) is 0 Å². The molecule has 1 aromatic carbocycles. The predicted octanol–water partition coefficient (Wildman–Crippen LogP) is 1.50. The number of anilines is 1. The summed E-state index contributed by atoms with van der Waals surface area (Å²) >= 11 is 0. The van der Waals surface area contributed by atoms with E-state index < -0.39 is 0 Å². The van der Waals surface area contributed by atoms with Gasteiger partial charge in [0.2, 0.25) is 11.8 Å². The van der Waals surface area contributed by atoms with Gasteiger partial charge in [0, 0.05) is 24.7 Å². The van der Waals surface area contributed by atoms with Crippen LogP contribution in [0, 0.1) is 5.92 Å². The highest BCUT2D eigenvalue weighted by atomic mass is 16.6. The number of amides is 2. The minimum atomic E-state index is -0.319. The van der Waals surface area contributed by atoms with Crippen LogP contribution < -0.4 is 15.0 Å². The van der Waals surface area contributed by atoms with Crippen molar-refractivity contribution in [3.8, 4) is 5.75 Å². The van der Waals surface area contributed by atoms with Crippen molar-refractivity contribution in [1.82, 2.24) is 5.32 Å². The van der Waals surface area contributed by atoms with Crippen molar-refractivity contribution in [1.29, 1.82) is 0 Å². The van der Waals surface area contributed by atoms with Gasteiger partial charge >= 0.3 is 0 Å². The van der Waals surface area contributed by atoms with Crippen LogP contribution in [0.5, 0.6) is 5.75 Å². The molecule has 4 unspecified atom stereocenters. The number of nitrogens with one attached hydrogen (secondary N) is 1. The third-order valence-electron chi connectivity index (χ3n) is 5.70. The summed E-state index contributed by atoms with van der Waals surface area (Å²) < 4.78 is 16.7. The van der Waals surface area contributed by atoms with Crippen LogP contribution in [0.15, 0.2) is 24.3 Å². The first kappa shape index (κ1) is 18.3. The summed E-state index contributed by atoms with van der Waals surface area (Å²) in [6.07, 6.45) is 3.04.